The van der Waals surface area contributed by atoms with Crippen LogP contribution in [-0.4, -0.2) is 83.5 Å². The topological polar surface area (TPSA) is 117 Å². The third-order valence-corrected chi connectivity index (χ3v) is 7.27. The number of amides is 1. The number of carbonyl (C=O) groups is 1. The smallest absolute Gasteiger partial charge is 0.228 e. The number of hydrogen-bond acceptors (Lipinski definition) is 8. The first-order chi connectivity index (χ1) is 19.4. The minimum absolute atomic E-state index is 0.00277. The standard InChI is InChI=1S/C29H38FN7O3/c1-37(2)15-14-32-29-31-13-12-23(34-29)27-26(19-8-10-21(30)11-9-19)35-24(36-27)16-25-39-17-20(18-40-25)28(38)33-22-6-4-3-5-7-22/h8-13,20,22,25H,3-7,14-18H2,1-2H3,(H,33,38)(H,35,36)(H,31,32,34). The molecule has 1 aliphatic heterocycles. The Morgan fingerprint density at radius 1 is 1.07 bits per heavy atom. The predicted molar refractivity (Wildman–Crippen MR) is 150 cm³/mol. The minimum atomic E-state index is -0.535. The normalized spacial score (nSPS) is 20.0. The van der Waals surface area contributed by atoms with Gasteiger partial charge in [-0.2, -0.15) is 0 Å². The summed E-state index contributed by atoms with van der Waals surface area (Å²) in [6.07, 6.45) is 7.18. The lowest BCUT2D eigenvalue weighted by atomic mass is 9.95. The Labute approximate surface area is 234 Å². The molecule has 0 radical (unpaired) electrons. The number of H-pyrrole nitrogens is 1. The SMILES string of the molecule is CN(C)CCNc1nccc(-c2[nH]c(CC3OCC(C(=O)NC4CCCCC4)CO3)nc2-c2ccc(F)cc2)n1. The lowest BCUT2D eigenvalue weighted by Gasteiger charge is -2.30. The average Bonchev–Trinajstić information content (AvgIpc) is 3.38. The lowest BCUT2D eigenvalue weighted by molar-refractivity contribution is -0.201. The van der Waals surface area contributed by atoms with Gasteiger partial charge in [0, 0.05) is 30.9 Å². The summed E-state index contributed by atoms with van der Waals surface area (Å²) in [6, 6.07) is 8.28. The van der Waals surface area contributed by atoms with Crippen LogP contribution in [0.25, 0.3) is 22.6 Å². The van der Waals surface area contributed by atoms with Gasteiger partial charge < -0.3 is 30.0 Å². The molecule has 1 aliphatic carbocycles. The van der Waals surface area contributed by atoms with E-state index >= 15 is 0 Å². The summed E-state index contributed by atoms with van der Waals surface area (Å²) < 4.78 is 25.5. The third kappa shape index (κ3) is 7.41. The van der Waals surface area contributed by atoms with Crippen molar-refractivity contribution in [2.45, 2.75) is 50.9 Å². The Bertz CT molecular complexity index is 1250. The number of nitrogens with zero attached hydrogens (tertiary/aromatic N) is 4. The number of ether oxygens (including phenoxy) is 2. The minimum Gasteiger partial charge on any atom is -0.353 e. The molecule has 2 aromatic heterocycles. The molecular weight excluding hydrogens is 513 g/mol. The van der Waals surface area contributed by atoms with E-state index in [1.807, 2.05) is 20.2 Å². The molecule has 1 aromatic carbocycles. The number of aromatic nitrogens is 4. The highest BCUT2D eigenvalue weighted by molar-refractivity contribution is 5.79. The molecule has 3 aromatic rings. The first-order valence-electron chi connectivity index (χ1n) is 14.0. The fourth-order valence-corrected chi connectivity index (χ4v) is 5.03. The van der Waals surface area contributed by atoms with E-state index in [-0.39, 0.29) is 23.7 Å². The number of hydrogen-bond donors (Lipinski definition) is 3. The van der Waals surface area contributed by atoms with E-state index in [4.69, 9.17) is 14.5 Å². The molecule has 10 nitrogen and oxygen atoms in total. The van der Waals surface area contributed by atoms with Crippen LogP contribution in [0.5, 0.6) is 0 Å². The number of anilines is 1. The lowest BCUT2D eigenvalue weighted by Crippen LogP contribution is -2.46. The Morgan fingerprint density at radius 2 is 1.82 bits per heavy atom. The van der Waals surface area contributed by atoms with E-state index < -0.39 is 6.29 Å². The van der Waals surface area contributed by atoms with E-state index in [1.165, 1.54) is 31.4 Å². The van der Waals surface area contributed by atoms with Crippen LogP contribution in [0, 0.1) is 11.7 Å². The Kier molecular flexibility index (Phi) is 9.35. The van der Waals surface area contributed by atoms with Crippen molar-refractivity contribution in [3.8, 4) is 22.6 Å². The van der Waals surface area contributed by atoms with Gasteiger partial charge in [-0.25, -0.2) is 19.3 Å². The van der Waals surface area contributed by atoms with Crippen molar-refractivity contribution in [2.75, 3.05) is 45.7 Å². The fourth-order valence-electron chi connectivity index (χ4n) is 5.03. The number of carbonyl (C=O) groups excluding carboxylic acids is 1. The monoisotopic (exact) mass is 551 g/mol. The zero-order chi connectivity index (χ0) is 27.9. The fraction of sp³-hybridized carbons (Fsp3) is 0.517. The van der Waals surface area contributed by atoms with E-state index in [2.05, 4.69) is 30.5 Å². The first kappa shape index (κ1) is 28.1. The summed E-state index contributed by atoms with van der Waals surface area (Å²) in [5.41, 5.74) is 2.75. The second-order valence-electron chi connectivity index (χ2n) is 10.8. The number of nitrogens with one attached hydrogen (secondary N) is 3. The van der Waals surface area contributed by atoms with Crippen molar-refractivity contribution >= 4 is 11.9 Å². The molecule has 214 valence electrons. The van der Waals surface area contributed by atoms with Crippen molar-refractivity contribution in [2.24, 2.45) is 5.92 Å². The van der Waals surface area contributed by atoms with Gasteiger partial charge in [0.05, 0.1) is 42.6 Å². The van der Waals surface area contributed by atoms with Gasteiger partial charge in [0.25, 0.3) is 0 Å². The summed E-state index contributed by atoms with van der Waals surface area (Å²) in [4.78, 5) is 32.0. The van der Waals surface area contributed by atoms with Gasteiger partial charge in [-0.05, 0) is 57.3 Å². The van der Waals surface area contributed by atoms with Crippen LogP contribution < -0.4 is 10.6 Å². The van der Waals surface area contributed by atoms with Crippen molar-refractivity contribution < 1.29 is 18.7 Å². The van der Waals surface area contributed by atoms with Gasteiger partial charge in [0.15, 0.2) is 6.29 Å². The van der Waals surface area contributed by atoms with Gasteiger partial charge in [-0.3, -0.25) is 4.79 Å². The molecule has 2 aliphatic rings. The molecule has 1 amide bonds. The number of aromatic amines is 1. The summed E-state index contributed by atoms with van der Waals surface area (Å²) in [6.45, 7) is 2.14. The van der Waals surface area contributed by atoms with Crippen LogP contribution >= 0.6 is 0 Å². The summed E-state index contributed by atoms with van der Waals surface area (Å²) in [5.74, 6) is 0.520. The zero-order valence-electron chi connectivity index (χ0n) is 23.2. The van der Waals surface area contributed by atoms with Gasteiger partial charge >= 0.3 is 0 Å². The molecule has 40 heavy (non-hydrogen) atoms. The van der Waals surface area contributed by atoms with E-state index in [0.717, 1.165) is 24.9 Å². The quantitative estimate of drug-likeness (QED) is 0.350. The van der Waals surface area contributed by atoms with Crippen LogP contribution in [0.2, 0.25) is 0 Å². The maximum Gasteiger partial charge on any atom is 0.228 e. The number of benzene rings is 1. The van der Waals surface area contributed by atoms with Crippen LogP contribution in [0.1, 0.15) is 37.9 Å². The van der Waals surface area contributed by atoms with Crippen molar-refractivity contribution in [1.29, 1.82) is 0 Å². The summed E-state index contributed by atoms with van der Waals surface area (Å²) >= 11 is 0. The molecule has 1 saturated heterocycles. The molecule has 11 heteroatoms. The van der Waals surface area contributed by atoms with Crippen LogP contribution in [0.15, 0.2) is 36.5 Å². The second-order valence-corrected chi connectivity index (χ2v) is 10.8. The van der Waals surface area contributed by atoms with Crippen molar-refractivity contribution in [3.63, 3.8) is 0 Å². The van der Waals surface area contributed by atoms with E-state index in [9.17, 15) is 9.18 Å². The maximum atomic E-state index is 13.7. The molecule has 5 rings (SSSR count). The van der Waals surface area contributed by atoms with Gasteiger partial charge in [-0.1, -0.05) is 19.3 Å². The number of imidazole rings is 1. The molecule has 3 heterocycles. The van der Waals surface area contributed by atoms with Crippen LogP contribution in [-0.2, 0) is 20.7 Å². The number of likely N-dealkylation sites (N-methyl/N-ethyl adjacent to an activating group) is 1. The van der Waals surface area contributed by atoms with Crippen molar-refractivity contribution in [3.05, 3.63) is 48.2 Å². The van der Waals surface area contributed by atoms with E-state index in [1.54, 1.807) is 18.3 Å². The first-order valence-corrected chi connectivity index (χ1v) is 14.0. The molecule has 0 bridgehead atoms. The van der Waals surface area contributed by atoms with Gasteiger partial charge in [0.1, 0.15) is 11.6 Å². The highest BCUT2D eigenvalue weighted by Gasteiger charge is 2.30. The molecular formula is C29H38FN7O3. The van der Waals surface area contributed by atoms with Crippen LogP contribution in [0.4, 0.5) is 10.3 Å². The number of halogens is 1. The Hall–Kier alpha value is -3.41. The maximum absolute atomic E-state index is 13.7. The third-order valence-electron chi connectivity index (χ3n) is 7.27. The summed E-state index contributed by atoms with van der Waals surface area (Å²) in [7, 11) is 4.01. The Morgan fingerprint density at radius 3 is 2.55 bits per heavy atom. The number of rotatable bonds is 10. The molecule has 0 atom stereocenters. The largest absolute Gasteiger partial charge is 0.353 e. The molecule has 3 N–H and O–H groups in total. The molecule has 2 fully saturated rings. The van der Waals surface area contributed by atoms with Crippen LogP contribution in [0.3, 0.4) is 0 Å². The molecule has 0 spiro atoms. The molecule has 0 unspecified atom stereocenters. The average molecular weight is 552 g/mol. The Balaban J connectivity index is 1.27. The van der Waals surface area contributed by atoms with Crippen molar-refractivity contribution in [1.82, 2.24) is 30.2 Å². The highest BCUT2D eigenvalue weighted by atomic mass is 19.1. The van der Waals surface area contributed by atoms with Gasteiger partial charge in [0.2, 0.25) is 11.9 Å². The second kappa shape index (κ2) is 13.3. The van der Waals surface area contributed by atoms with Gasteiger partial charge in [-0.15, -0.1) is 0 Å². The summed E-state index contributed by atoms with van der Waals surface area (Å²) in [5, 5.41) is 6.41. The molecule has 1 saturated carbocycles. The highest BCUT2D eigenvalue weighted by Crippen LogP contribution is 2.30. The zero-order valence-corrected chi connectivity index (χ0v) is 23.2. The van der Waals surface area contributed by atoms with E-state index in [0.29, 0.717) is 55.0 Å². The predicted octanol–water partition coefficient (Wildman–Crippen LogP) is 3.63.